The van der Waals surface area contributed by atoms with Crippen LogP contribution in [0.2, 0.25) is 0 Å². The van der Waals surface area contributed by atoms with Gasteiger partial charge in [-0.15, -0.1) is 0 Å². The Kier molecular flexibility index (Phi) is 2.09. The van der Waals surface area contributed by atoms with E-state index in [0.29, 0.717) is 0 Å². The van der Waals surface area contributed by atoms with Crippen LogP contribution in [0.3, 0.4) is 0 Å². The minimum absolute atomic E-state index is 0.755. The van der Waals surface area contributed by atoms with Crippen LogP contribution in [0.15, 0.2) is 24.5 Å². The average molecular weight is 162 g/mol. The molecule has 2 unspecified atom stereocenters. The molecule has 0 radical (unpaired) electrons. The molecule has 1 aliphatic rings. The summed E-state index contributed by atoms with van der Waals surface area (Å²) in [5.41, 5.74) is 1.27. The molecule has 2 atom stereocenters. The number of nitrogens with zero attached hydrogens (tertiary/aromatic N) is 1. The van der Waals surface area contributed by atoms with E-state index in [4.69, 9.17) is 0 Å². The summed E-state index contributed by atoms with van der Waals surface area (Å²) in [6.45, 7) is 3.24. The number of rotatable bonds is 3. The molecule has 1 aliphatic carbocycles. The quantitative estimate of drug-likeness (QED) is 0.730. The number of aromatic nitrogens is 1. The minimum atomic E-state index is 0.755. The molecule has 64 valence electrons. The maximum atomic E-state index is 4.06. The SMILES string of the molecule is CC1CC1NCc1cccnc1. The van der Waals surface area contributed by atoms with Crippen molar-refractivity contribution >= 4 is 0 Å². The van der Waals surface area contributed by atoms with Crippen molar-refractivity contribution in [2.75, 3.05) is 0 Å². The van der Waals surface area contributed by atoms with Gasteiger partial charge in [0, 0.05) is 25.0 Å². The highest BCUT2D eigenvalue weighted by Crippen LogP contribution is 2.29. The van der Waals surface area contributed by atoms with Crippen molar-refractivity contribution < 1.29 is 0 Å². The third kappa shape index (κ3) is 1.83. The van der Waals surface area contributed by atoms with Crippen molar-refractivity contribution in [2.45, 2.75) is 25.9 Å². The van der Waals surface area contributed by atoms with E-state index in [1.54, 1.807) is 0 Å². The second-order valence-electron chi connectivity index (χ2n) is 3.56. The molecule has 0 bridgehead atoms. The Morgan fingerprint density at radius 2 is 2.50 bits per heavy atom. The second-order valence-corrected chi connectivity index (χ2v) is 3.56. The molecular formula is C10H14N2. The zero-order valence-electron chi connectivity index (χ0n) is 7.33. The molecular weight excluding hydrogens is 148 g/mol. The summed E-state index contributed by atoms with van der Waals surface area (Å²) in [4.78, 5) is 4.06. The van der Waals surface area contributed by atoms with Gasteiger partial charge in [0.05, 0.1) is 0 Å². The fraction of sp³-hybridized carbons (Fsp3) is 0.500. The predicted molar refractivity (Wildman–Crippen MR) is 48.6 cm³/mol. The third-order valence-electron chi connectivity index (χ3n) is 2.40. The van der Waals surface area contributed by atoms with Crippen LogP contribution >= 0.6 is 0 Å². The molecule has 1 N–H and O–H groups in total. The lowest BCUT2D eigenvalue weighted by molar-refractivity contribution is 0.651. The van der Waals surface area contributed by atoms with Crippen LogP contribution in [0.25, 0.3) is 0 Å². The molecule has 1 saturated carbocycles. The topological polar surface area (TPSA) is 24.9 Å². The van der Waals surface area contributed by atoms with Crippen LogP contribution in [0.1, 0.15) is 18.9 Å². The van der Waals surface area contributed by atoms with Crippen LogP contribution in [-0.2, 0) is 6.54 Å². The van der Waals surface area contributed by atoms with Crippen molar-refractivity contribution in [3.63, 3.8) is 0 Å². The van der Waals surface area contributed by atoms with Crippen molar-refractivity contribution in [2.24, 2.45) is 5.92 Å². The molecule has 0 aromatic carbocycles. The molecule has 2 heteroatoms. The monoisotopic (exact) mass is 162 g/mol. The normalized spacial score (nSPS) is 27.1. The van der Waals surface area contributed by atoms with E-state index in [1.807, 2.05) is 18.5 Å². The molecule has 2 rings (SSSR count). The first kappa shape index (κ1) is 7.74. The van der Waals surface area contributed by atoms with Gasteiger partial charge in [-0.2, -0.15) is 0 Å². The summed E-state index contributed by atoms with van der Waals surface area (Å²) < 4.78 is 0. The first-order valence-electron chi connectivity index (χ1n) is 4.48. The highest BCUT2D eigenvalue weighted by atomic mass is 15.0. The van der Waals surface area contributed by atoms with Crippen LogP contribution < -0.4 is 5.32 Å². The lowest BCUT2D eigenvalue weighted by Gasteiger charge is -2.01. The highest BCUT2D eigenvalue weighted by molar-refractivity contribution is 5.08. The third-order valence-corrected chi connectivity index (χ3v) is 2.40. The van der Waals surface area contributed by atoms with Gasteiger partial charge in [0.15, 0.2) is 0 Å². The molecule has 2 nitrogen and oxygen atoms in total. The molecule has 0 aliphatic heterocycles. The fourth-order valence-electron chi connectivity index (χ4n) is 1.36. The van der Waals surface area contributed by atoms with E-state index < -0.39 is 0 Å². The zero-order valence-corrected chi connectivity index (χ0v) is 7.33. The van der Waals surface area contributed by atoms with Gasteiger partial charge >= 0.3 is 0 Å². The Hall–Kier alpha value is -0.890. The largest absolute Gasteiger partial charge is 0.310 e. The van der Waals surface area contributed by atoms with Crippen LogP contribution in [-0.4, -0.2) is 11.0 Å². The van der Waals surface area contributed by atoms with Crippen LogP contribution in [0.4, 0.5) is 0 Å². The van der Waals surface area contributed by atoms with Crippen molar-refractivity contribution in [3.8, 4) is 0 Å². The Balaban J connectivity index is 1.80. The van der Waals surface area contributed by atoms with Crippen LogP contribution in [0, 0.1) is 5.92 Å². The smallest absolute Gasteiger partial charge is 0.0312 e. The lowest BCUT2D eigenvalue weighted by atomic mass is 10.3. The van der Waals surface area contributed by atoms with E-state index in [-0.39, 0.29) is 0 Å². The molecule has 1 fully saturated rings. The summed E-state index contributed by atoms with van der Waals surface area (Å²) in [6.07, 6.45) is 5.06. The van der Waals surface area contributed by atoms with Gasteiger partial charge in [0.25, 0.3) is 0 Å². The van der Waals surface area contributed by atoms with Gasteiger partial charge in [-0.3, -0.25) is 4.98 Å². The molecule has 1 aromatic rings. The fourth-order valence-corrected chi connectivity index (χ4v) is 1.36. The van der Waals surface area contributed by atoms with E-state index in [0.717, 1.165) is 18.5 Å². The summed E-state index contributed by atoms with van der Waals surface area (Å²) >= 11 is 0. The van der Waals surface area contributed by atoms with Crippen molar-refractivity contribution in [1.29, 1.82) is 0 Å². The number of pyridine rings is 1. The molecule has 12 heavy (non-hydrogen) atoms. The zero-order chi connectivity index (χ0) is 8.39. The highest BCUT2D eigenvalue weighted by Gasteiger charge is 2.31. The van der Waals surface area contributed by atoms with Gasteiger partial charge in [-0.25, -0.2) is 0 Å². The maximum Gasteiger partial charge on any atom is 0.0312 e. The average Bonchev–Trinajstić information content (AvgIpc) is 2.81. The minimum Gasteiger partial charge on any atom is -0.310 e. The Labute approximate surface area is 73.0 Å². The summed E-state index contributed by atoms with van der Waals surface area (Å²) in [5, 5.41) is 3.48. The van der Waals surface area contributed by atoms with Crippen molar-refractivity contribution in [3.05, 3.63) is 30.1 Å². The number of hydrogen-bond donors (Lipinski definition) is 1. The van der Waals surface area contributed by atoms with E-state index in [1.165, 1.54) is 12.0 Å². The van der Waals surface area contributed by atoms with Gasteiger partial charge in [0.1, 0.15) is 0 Å². The first-order chi connectivity index (χ1) is 5.86. The van der Waals surface area contributed by atoms with E-state index in [2.05, 4.69) is 23.3 Å². The predicted octanol–water partition coefficient (Wildman–Crippen LogP) is 1.58. The number of nitrogens with one attached hydrogen (secondary N) is 1. The maximum absolute atomic E-state index is 4.06. The molecule has 1 aromatic heterocycles. The summed E-state index contributed by atoms with van der Waals surface area (Å²) in [6, 6.07) is 4.84. The van der Waals surface area contributed by atoms with Gasteiger partial charge in [-0.05, 0) is 24.0 Å². The van der Waals surface area contributed by atoms with Gasteiger partial charge < -0.3 is 5.32 Å². The molecule has 1 heterocycles. The molecule has 0 spiro atoms. The molecule has 0 saturated heterocycles. The number of hydrogen-bond acceptors (Lipinski definition) is 2. The van der Waals surface area contributed by atoms with Crippen LogP contribution in [0.5, 0.6) is 0 Å². The second kappa shape index (κ2) is 3.23. The Bertz CT molecular complexity index is 245. The Morgan fingerprint density at radius 3 is 3.08 bits per heavy atom. The lowest BCUT2D eigenvalue weighted by Crippen LogP contribution is -2.16. The van der Waals surface area contributed by atoms with Crippen molar-refractivity contribution in [1.82, 2.24) is 10.3 Å². The summed E-state index contributed by atoms with van der Waals surface area (Å²) in [5.74, 6) is 0.877. The summed E-state index contributed by atoms with van der Waals surface area (Å²) in [7, 11) is 0. The molecule has 0 amide bonds. The Morgan fingerprint density at radius 1 is 1.67 bits per heavy atom. The standard InChI is InChI=1S/C10H14N2/c1-8-5-10(8)12-7-9-3-2-4-11-6-9/h2-4,6,8,10,12H,5,7H2,1H3. The van der Waals surface area contributed by atoms with E-state index in [9.17, 15) is 0 Å². The van der Waals surface area contributed by atoms with E-state index >= 15 is 0 Å². The van der Waals surface area contributed by atoms with Gasteiger partial charge in [-0.1, -0.05) is 13.0 Å². The van der Waals surface area contributed by atoms with Gasteiger partial charge in [0.2, 0.25) is 0 Å². The first-order valence-corrected chi connectivity index (χ1v) is 4.48.